The second kappa shape index (κ2) is 4.80. The monoisotopic (exact) mass is 129 g/mol. The summed E-state index contributed by atoms with van der Waals surface area (Å²) in [5, 5.41) is 0. The van der Waals surface area contributed by atoms with Crippen molar-refractivity contribution in [2.24, 2.45) is 0 Å². The Bertz CT molecular complexity index is 59.6. The number of nitrogens with zero attached hydrogens (tertiary/aromatic N) is 1. The minimum atomic E-state index is 0.917. The van der Waals surface area contributed by atoms with Gasteiger partial charge >= 0.3 is 0 Å². The fourth-order valence-corrected chi connectivity index (χ4v) is 1.09. The molecule has 1 saturated heterocycles. The zero-order chi connectivity index (χ0) is 7.28. The second-order valence-corrected chi connectivity index (χ2v) is 2.33. The third-order valence-electron chi connectivity index (χ3n) is 1.91. The van der Waals surface area contributed by atoms with Crippen LogP contribution in [-0.4, -0.2) is 24.5 Å². The Hall–Kier alpha value is -0.0400. The van der Waals surface area contributed by atoms with Crippen molar-refractivity contribution >= 4 is 0 Å². The third-order valence-corrected chi connectivity index (χ3v) is 1.91. The SMILES string of the molecule is CC.CCC1CCN1C. The zero-order valence-corrected chi connectivity index (χ0v) is 7.15. The van der Waals surface area contributed by atoms with Gasteiger partial charge in [-0.1, -0.05) is 20.8 Å². The summed E-state index contributed by atoms with van der Waals surface area (Å²) in [6.45, 7) is 7.57. The van der Waals surface area contributed by atoms with E-state index >= 15 is 0 Å². The molecule has 0 saturated carbocycles. The van der Waals surface area contributed by atoms with Crippen LogP contribution < -0.4 is 0 Å². The largest absolute Gasteiger partial charge is 0.303 e. The molecule has 9 heavy (non-hydrogen) atoms. The molecule has 0 radical (unpaired) electrons. The maximum atomic E-state index is 2.40. The fraction of sp³-hybridized carbons (Fsp3) is 1.00. The van der Waals surface area contributed by atoms with Gasteiger partial charge in [0.25, 0.3) is 0 Å². The predicted molar refractivity (Wildman–Crippen MR) is 42.7 cm³/mol. The molecule has 1 atom stereocenters. The Kier molecular flexibility index (Phi) is 4.78. The van der Waals surface area contributed by atoms with Crippen LogP contribution >= 0.6 is 0 Å². The molecule has 1 aliphatic heterocycles. The van der Waals surface area contributed by atoms with Gasteiger partial charge in [-0.15, -0.1) is 0 Å². The first-order valence-corrected chi connectivity index (χ1v) is 4.05. The van der Waals surface area contributed by atoms with Crippen molar-refractivity contribution in [3.05, 3.63) is 0 Å². The van der Waals surface area contributed by atoms with Crippen LogP contribution in [0.5, 0.6) is 0 Å². The van der Waals surface area contributed by atoms with E-state index in [1.165, 1.54) is 19.4 Å². The predicted octanol–water partition coefficient (Wildman–Crippen LogP) is 2.13. The van der Waals surface area contributed by atoms with E-state index in [9.17, 15) is 0 Å². The van der Waals surface area contributed by atoms with E-state index in [0.29, 0.717) is 0 Å². The lowest BCUT2D eigenvalue weighted by atomic mass is 10.0. The van der Waals surface area contributed by atoms with Crippen LogP contribution in [0.25, 0.3) is 0 Å². The molecule has 0 N–H and O–H groups in total. The molecule has 1 aliphatic rings. The Balaban J connectivity index is 0.000000291. The minimum absolute atomic E-state index is 0.917. The number of rotatable bonds is 1. The van der Waals surface area contributed by atoms with Crippen molar-refractivity contribution in [3.8, 4) is 0 Å². The molecule has 0 spiro atoms. The first-order chi connectivity index (χ1) is 4.34. The van der Waals surface area contributed by atoms with Crippen molar-refractivity contribution in [2.45, 2.75) is 39.7 Å². The lowest BCUT2D eigenvalue weighted by Gasteiger charge is -2.37. The van der Waals surface area contributed by atoms with Gasteiger partial charge in [0.05, 0.1) is 0 Å². The summed E-state index contributed by atoms with van der Waals surface area (Å²) in [7, 11) is 2.19. The summed E-state index contributed by atoms with van der Waals surface area (Å²) < 4.78 is 0. The molecule has 1 fully saturated rings. The lowest BCUT2D eigenvalue weighted by Crippen LogP contribution is -2.43. The highest BCUT2D eigenvalue weighted by molar-refractivity contribution is 4.77. The summed E-state index contributed by atoms with van der Waals surface area (Å²) in [4.78, 5) is 2.40. The molecule has 0 aromatic rings. The van der Waals surface area contributed by atoms with Gasteiger partial charge in [-0.25, -0.2) is 0 Å². The van der Waals surface area contributed by atoms with E-state index in [-0.39, 0.29) is 0 Å². The first-order valence-electron chi connectivity index (χ1n) is 4.05. The minimum Gasteiger partial charge on any atom is -0.303 e. The number of hydrogen-bond donors (Lipinski definition) is 0. The maximum Gasteiger partial charge on any atom is 0.0102 e. The van der Waals surface area contributed by atoms with Crippen molar-refractivity contribution in [2.75, 3.05) is 13.6 Å². The van der Waals surface area contributed by atoms with Crippen molar-refractivity contribution in [3.63, 3.8) is 0 Å². The quantitative estimate of drug-likeness (QED) is 0.524. The number of likely N-dealkylation sites (tertiary alicyclic amines) is 1. The standard InChI is InChI=1S/C6H13N.C2H6/c1-3-6-4-5-7(6)2;1-2/h6H,3-5H2,1-2H3;1-2H3. The zero-order valence-electron chi connectivity index (χ0n) is 7.15. The summed E-state index contributed by atoms with van der Waals surface area (Å²) in [6.07, 6.45) is 2.75. The first kappa shape index (κ1) is 8.96. The van der Waals surface area contributed by atoms with Crippen LogP contribution in [0.1, 0.15) is 33.6 Å². The lowest BCUT2D eigenvalue weighted by molar-refractivity contribution is 0.123. The summed E-state index contributed by atoms with van der Waals surface area (Å²) in [5.74, 6) is 0. The van der Waals surface area contributed by atoms with E-state index in [1.54, 1.807) is 0 Å². The highest BCUT2D eigenvalue weighted by atomic mass is 15.2. The Labute approximate surface area is 59.1 Å². The van der Waals surface area contributed by atoms with Gasteiger partial charge in [0.15, 0.2) is 0 Å². The highest BCUT2D eigenvalue weighted by Gasteiger charge is 2.20. The molecule has 1 rings (SSSR count). The van der Waals surface area contributed by atoms with Gasteiger partial charge in [0.1, 0.15) is 0 Å². The molecule has 1 unspecified atom stereocenters. The van der Waals surface area contributed by atoms with Crippen molar-refractivity contribution in [1.29, 1.82) is 0 Å². The van der Waals surface area contributed by atoms with Crippen molar-refractivity contribution < 1.29 is 0 Å². The van der Waals surface area contributed by atoms with E-state index in [1.807, 2.05) is 13.8 Å². The van der Waals surface area contributed by atoms with E-state index < -0.39 is 0 Å². The van der Waals surface area contributed by atoms with Crippen LogP contribution in [0.4, 0.5) is 0 Å². The Morgan fingerprint density at radius 3 is 2.00 bits per heavy atom. The molecule has 0 aromatic carbocycles. The van der Waals surface area contributed by atoms with Gasteiger partial charge in [0, 0.05) is 6.04 Å². The topological polar surface area (TPSA) is 3.24 Å². The van der Waals surface area contributed by atoms with Crippen LogP contribution in [-0.2, 0) is 0 Å². The summed E-state index contributed by atoms with van der Waals surface area (Å²) in [6, 6.07) is 0.917. The molecule has 0 bridgehead atoms. The van der Waals surface area contributed by atoms with Crippen molar-refractivity contribution in [1.82, 2.24) is 4.90 Å². The molecule has 1 nitrogen and oxygen atoms in total. The summed E-state index contributed by atoms with van der Waals surface area (Å²) in [5.41, 5.74) is 0. The smallest absolute Gasteiger partial charge is 0.0102 e. The average Bonchev–Trinajstić information content (AvgIpc) is 1.91. The molecular formula is C8H19N. The molecule has 0 aliphatic carbocycles. The normalized spacial score (nSPS) is 26.0. The molecule has 1 heterocycles. The molecule has 0 aromatic heterocycles. The van der Waals surface area contributed by atoms with Crippen LogP contribution in [0.3, 0.4) is 0 Å². The van der Waals surface area contributed by atoms with Crippen LogP contribution in [0.2, 0.25) is 0 Å². The van der Waals surface area contributed by atoms with E-state index in [0.717, 1.165) is 6.04 Å². The van der Waals surface area contributed by atoms with Gasteiger partial charge < -0.3 is 4.90 Å². The maximum absolute atomic E-state index is 2.40. The molecular weight excluding hydrogens is 110 g/mol. The molecule has 0 amide bonds. The highest BCUT2D eigenvalue weighted by Crippen LogP contribution is 2.16. The van der Waals surface area contributed by atoms with Gasteiger partial charge in [-0.05, 0) is 26.4 Å². The summed E-state index contributed by atoms with van der Waals surface area (Å²) >= 11 is 0. The average molecular weight is 129 g/mol. The van der Waals surface area contributed by atoms with Crippen LogP contribution in [0, 0.1) is 0 Å². The van der Waals surface area contributed by atoms with Gasteiger partial charge in [-0.2, -0.15) is 0 Å². The molecule has 56 valence electrons. The van der Waals surface area contributed by atoms with Crippen LogP contribution in [0.15, 0.2) is 0 Å². The van der Waals surface area contributed by atoms with E-state index in [4.69, 9.17) is 0 Å². The van der Waals surface area contributed by atoms with Gasteiger partial charge in [0.2, 0.25) is 0 Å². The van der Waals surface area contributed by atoms with Gasteiger partial charge in [-0.3, -0.25) is 0 Å². The third kappa shape index (κ3) is 2.35. The van der Waals surface area contributed by atoms with E-state index in [2.05, 4.69) is 18.9 Å². The number of hydrogen-bond acceptors (Lipinski definition) is 1. The Morgan fingerprint density at radius 1 is 1.44 bits per heavy atom. The Morgan fingerprint density at radius 2 is 2.00 bits per heavy atom. The second-order valence-electron chi connectivity index (χ2n) is 2.33. The fourth-order valence-electron chi connectivity index (χ4n) is 1.09. The molecule has 1 heteroatoms.